The van der Waals surface area contributed by atoms with Crippen molar-refractivity contribution in [1.29, 1.82) is 0 Å². The van der Waals surface area contributed by atoms with Crippen molar-refractivity contribution < 1.29 is 38.6 Å². The number of hydrogen-bond acceptors (Lipinski definition) is 9. The molecule has 0 bridgehead atoms. The van der Waals surface area contributed by atoms with Crippen LogP contribution in [0.25, 0.3) is 0 Å². The molecule has 4 aliphatic rings. The van der Waals surface area contributed by atoms with Crippen LogP contribution in [0.5, 0.6) is 5.88 Å². The predicted octanol–water partition coefficient (Wildman–Crippen LogP) is -0.912. The van der Waals surface area contributed by atoms with Gasteiger partial charge in [-0.2, -0.15) is 0 Å². The first kappa shape index (κ1) is 35.0. The molecule has 1 aromatic rings. The zero-order chi connectivity index (χ0) is 34.9. The quantitative estimate of drug-likeness (QED) is 0.229. The molecule has 0 radical (unpaired) electrons. The molecular formula is C33H47N7O8. The van der Waals surface area contributed by atoms with Crippen molar-refractivity contribution in [3.63, 3.8) is 0 Å². The van der Waals surface area contributed by atoms with E-state index in [4.69, 9.17) is 4.74 Å². The topological polar surface area (TPSA) is 208 Å². The molecule has 3 heterocycles. The van der Waals surface area contributed by atoms with Gasteiger partial charge in [0.1, 0.15) is 29.7 Å². The fraction of sp³-hybridized carbons (Fsp3) is 0.667. The Morgan fingerprint density at radius 1 is 0.958 bits per heavy atom. The normalized spacial score (nSPS) is 30.4. The fourth-order valence-electron chi connectivity index (χ4n) is 7.20. The summed E-state index contributed by atoms with van der Waals surface area (Å²) in [5.41, 5.74) is 2.09. The molecule has 5 rings (SSSR count). The van der Waals surface area contributed by atoms with Gasteiger partial charge >= 0.3 is 0 Å². The third-order valence-corrected chi connectivity index (χ3v) is 9.90. The highest BCUT2D eigenvalue weighted by atomic mass is 16.5. The number of fused-ring (bicyclic) bond motifs is 3. The van der Waals surface area contributed by atoms with Crippen LogP contribution in [-0.4, -0.2) is 106 Å². The minimum Gasteiger partial charge on any atom is -0.480 e. The second-order valence-electron chi connectivity index (χ2n) is 13.8. The number of carbonyl (C=O) groups is 6. The van der Waals surface area contributed by atoms with Crippen LogP contribution >= 0.6 is 0 Å². The monoisotopic (exact) mass is 669 g/mol. The zero-order valence-electron chi connectivity index (χ0n) is 28.1. The summed E-state index contributed by atoms with van der Waals surface area (Å²) in [6, 6.07) is -4.06. The van der Waals surface area contributed by atoms with Gasteiger partial charge in [0, 0.05) is 24.3 Å². The number of amides is 6. The smallest absolute Gasteiger partial charge is 0.257 e. The van der Waals surface area contributed by atoms with E-state index in [1.54, 1.807) is 19.9 Å². The number of nitrogens with zero attached hydrogens (tertiary/aromatic N) is 2. The largest absolute Gasteiger partial charge is 0.480 e. The molecule has 2 saturated heterocycles. The van der Waals surface area contributed by atoms with E-state index in [-0.39, 0.29) is 30.3 Å². The minimum atomic E-state index is -1.46. The van der Waals surface area contributed by atoms with Gasteiger partial charge in [-0.1, -0.05) is 20.3 Å². The van der Waals surface area contributed by atoms with Crippen molar-refractivity contribution in [2.45, 2.75) is 115 Å². The Morgan fingerprint density at radius 2 is 1.69 bits per heavy atom. The first-order valence-electron chi connectivity index (χ1n) is 16.9. The summed E-state index contributed by atoms with van der Waals surface area (Å²) in [6.45, 7) is 6.24. The van der Waals surface area contributed by atoms with E-state index in [0.717, 1.165) is 30.5 Å². The summed E-state index contributed by atoms with van der Waals surface area (Å²) in [4.78, 5) is 87.2. The number of methoxy groups -OCH3 is 1. The van der Waals surface area contributed by atoms with Crippen LogP contribution in [0, 0.1) is 11.8 Å². The Morgan fingerprint density at radius 3 is 2.38 bits per heavy atom. The number of nitrogens with one attached hydrogen (secondary N) is 5. The summed E-state index contributed by atoms with van der Waals surface area (Å²) in [6.07, 6.45) is 2.92. The van der Waals surface area contributed by atoms with Crippen molar-refractivity contribution in [2.75, 3.05) is 13.7 Å². The molecule has 0 aromatic carbocycles. The number of pyridine rings is 1. The highest BCUT2D eigenvalue weighted by Crippen LogP contribution is 2.29. The van der Waals surface area contributed by atoms with Crippen molar-refractivity contribution in [1.82, 2.24) is 36.5 Å². The Balaban J connectivity index is 1.44. The second kappa shape index (κ2) is 14.5. The van der Waals surface area contributed by atoms with Crippen LogP contribution in [0.3, 0.4) is 0 Å². The first-order valence-corrected chi connectivity index (χ1v) is 16.9. The molecule has 2 aliphatic carbocycles. The van der Waals surface area contributed by atoms with Gasteiger partial charge in [-0.3, -0.25) is 28.8 Å². The molecule has 6 amide bonds. The predicted molar refractivity (Wildman–Crippen MR) is 171 cm³/mol. The lowest BCUT2D eigenvalue weighted by Crippen LogP contribution is -2.62. The van der Waals surface area contributed by atoms with Crippen LogP contribution < -0.4 is 31.3 Å². The van der Waals surface area contributed by atoms with Crippen LogP contribution in [0.1, 0.15) is 81.4 Å². The summed E-state index contributed by atoms with van der Waals surface area (Å²) in [5, 5.41) is 24.6. The Bertz CT molecular complexity index is 1470. The minimum absolute atomic E-state index is 0.00812. The molecule has 262 valence electrons. The highest BCUT2D eigenvalue weighted by Gasteiger charge is 2.45. The van der Waals surface area contributed by atoms with Gasteiger partial charge in [0.15, 0.2) is 0 Å². The van der Waals surface area contributed by atoms with Gasteiger partial charge in [0.05, 0.1) is 19.1 Å². The molecule has 1 saturated carbocycles. The maximum Gasteiger partial charge on any atom is 0.257 e. The third kappa shape index (κ3) is 7.25. The number of aromatic nitrogens is 1. The van der Waals surface area contributed by atoms with Gasteiger partial charge < -0.3 is 41.3 Å². The Labute approximate surface area is 279 Å². The van der Waals surface area contributed by atoms with E-state index >= 15 is 0 Å². The average molecular weight is 670 g/mol. The molecular weight excluding hydrogens is 622 g/mol. The number of rotatable bonds is 5. The van der Waals surface area contributed by atoms with Crippen molar-refractivity contribution in [3.05, 3.63) is 22.9 Å². The number of ether oxygens (including phenoxy) is 1. The zero-order valence-corrected chi connectivity index (χ0v) is 28.1. The lowest BCUT2D eigenvalue weighted by atomic mass is 9.98. The third-order valence-electron chi connectivity index (χ3n) is 9.90. The maximum atomic E-state index is 14.1. The van der Waals surface area contributed by atoms with E-state index in [1.165, 1.54) is 25.9 Å². The Kier molecular flexibility index (Phi) is 10.6. The molecule has 6 N–H and O–H groups in total. The van der Waals surface area contributed by atoms with E-state index in [0.29, 0.717) is 19.3 Å². The molecule has 3 fully saturated rings. The second-order valence-corrected chi connectivity index (χ2v) is 13.8. The SMILES string of the molecule is COc1nc2c(cc1C(=O)N[C@H]1C[C@H]3C(=O)N[C@@H](C)C(=O)N[C@H]4CCC[C@@H]4C(=O)N[C@H](C(C)C)C(=O)N[C@@H]([C@@H](C)O)C(=O)N3C1)CCC2. The number of hydrogen-bond donors (Lipinski definition) is 6. The van der Waals surface area contributed by atoms with Crippen LogP contribution in [-0.2, 0) is 36.8 Å². The van der Waals surface area contributed by atoms with Crippen molar-refractivity contribution in [2.24, 2.45) is 11.8 Å². The summed E-state index contributed by atoms with van der Waals surface area (Å²) < 4.78 is 5.41. The van der Waals surface area contributed by atoms with Gasteiger partial charge in [-0.05, 0) is 69.9 Å². The van der Waals surface area contributed by atoms with Gasteiger partial charge in [0.25, 0.3) is 5.91 Å². The number of aryl methyl sites for hydroxylation is 2. The van der Waals surface area contributed by atoms with Crippen molar-refractivity contribution >= 4 is 35.4 Å². The number of aliphatic hydroxyl groups is 1. The molecule has 1 aromatic heterocycles. The van der Waals surface area contributed by atoms with E-state index < -0.39 is 83.7 Å². The van der Waals surface area contributed by atoms with Crippen LogP contribution in [0.4, 0.5) is 0 Å². The fourth-order valence-corrected chi connectivity index (χ4v) is 7.20. The van der Waals surface area contributed by atoms with E-state index in [2.05, 4.69) is 31.6 Å². The summed E-state index contributed by atoms with van der Waals surface area (Å²) in [5.74, 6) is -4.20. The van der Waals surface area contributed by atoms with Crippen LogP contribution in [0.15, 0.2) is 6.07 Å². The van der Waals surface area contributed by atoms with Gasteiger partial charge in [-0.25, -0.2) is 4.98 Å². The molecule has 15 nitrogen and oxygen atoms in total. The van der Waals surface area contributed by atoms with E-state index in [1.807, 2.05) is 0 Å². The summed E-state index contributed by atoms with van der Waals surface area (Å²) >= 11 is 0. The standard InChI is InChI=1S/C33H47N7O8/c1-15(2)25-31(46)39-26(17(4)41)33(47)40-14-19(35-29(44)21-12-18-8-6-10-22(18)37-32(21)48-5)13-24(40)30(45)34-16(3)27(42)36-23-11-7-9-20(23)28(43)38-25/h12,15-17,19-20,23-26,41H,6-11,13-14H2,1-5H3,(H,34,45)(H,35,44)(H,36,42)(H,38,43)(H,39,46)/t16-,17+,19-,20-,23-,24-,25+,26-/m0/s1. The lowest BCUT2D eigenvalue weighted by Gasteiger charge is -2.33. The number of aliphatic hydroxyl groups excluding tert-OH is 1. The highest BCUT2D eigenvalue weighted by molar-refractivity contribution is 5.99. The van der Waals surface area contributed by atoms with Gasteiger partial charge in [-0.15, -0.1) is 0 Å². The molecule has 0 spiro atoms. The average Bonchev–Trinajstić information content (AvgIpc) is 3.80. The first-order chi connectivity index (χ1) is 22.8. The molecule has 2 aliphatic heterocycles. The molecule has 48 heavy (non-hydrogen) atoms. The van der Waals surface area contributed by atoms with E-state index in [9.17, 15) is 33.9 Å². The van der Waals surface area contributed by atoms with Gasteiger partial charge in [0.2, 0.25) is 35.4 Å². The molecule has 0 unspecified atom stereocenters. The number of carbonyl (C=O) groups excluding carboxylic acids is 6. The lowest BCUT2D eigenvalue weighted by molar-refractivity contribution is -0.145. The van der Waals surface area contributed by atoms with Crippen LogP contribution in [0.2, 0.25) is 0 Å². The maximum absolute atomic E-state index is 14.1. The molecule has 15 heteroatoms. The Hall–Kier alpha value is -4.27. The van der Waals surface area contributed by atoms with Crippen molar-refractivity contribution in [3.8, 4) is 5.88 Å². The molecule has 8 atom stereocenters. The summed E-state index contributed by atoms with van der Waals surface area (Å²) in [7, 11) is 1.43.